The predicted molar refractivity (Wildman–Crippen MR) is 86.9 cm³/mol. The molecular weight excluding hydrogens is 293 g/mol. The molecule has 0 aliphatic carbocycles. The summed E-state index contributed by atoms with van der Waals surface area (Å²) in [5, 5.41) is 1.20. The number of carbonyl (C=O) groups excluding carboxylic acids is 1. The molecule has 0 unspecified atom stereocenters. The van der Waals surface area contributed by atoms with Gasteiger partial charge in [-0.1, -0.05) is 24.3 Å². The lowest BCUT2D eigenvalue weighted by Crippen LogP contribution is -2.44. The van der Waals surface area contributed by atoms with E-state index in [2.05, 4.69) is 6.92 Å². The normalized spacial score (nSPS) is 27.2. The zero-order valence-electron chi connectivity index (χ0n) is 13.2. The van der Waals surface area contributed by atoms with Gasteiger partial charge in [0.1, 0.15) is 5.82 Å². The molecule has 1 amide bonds. The highest BCUT2D eigenvalue weighted by atomic mass is 19.1. The van der Waals surface area contributed by atoms with Crippen molar-refractivity contribution in [1.29, 1.82) is 0 Å². The Morgan fingerprint density at radius 3 is 2.83 bits per heavy atom. The molecule has 4 heteroatoms. The molecule has 2 saturated heterocycles. The zero-order valence-corrected chi connectivity index (χ0v) is 13.2. The lowest BCUT2D eigenvalue weighted by atomic mass is 9.92. The zero-order chi connectivity index (χ0) is 16.0. The van der Waals surface area contributed by atoms with Crippen LogP contribution in [0.2, 0.25) is 0 Å². The van der Waals surface area contributed by atoms with E-state index < -0.39 is 0 Å². The monoisotopic (exact) mass is 313 g/mol. The van der Waals surface area contributed by atoms with Crippen LogP contribution >= 0.6 is 0 Å². The molecule has 4 rings (SSSR count). The molecule has 2 aliphatic heterocycles. The van der Waals surface area contributed by atoms with E-state index in [-0.39, 0.29) is 17.8 Å². The fourth-order valence-corrected chi connectivity index (χ4v) is 4.00. The fourth-order valence-electron chi connectivity index (χ4n) is 4.00. The highest BCUT2D eigenvalue weighted by molar-refractivity contribution is 6.07. The summed E-state index contributed by atoms with van der Waals surface area (Å²) in [4.78, 5) is 14.9. The molecule has 2 fully saturated rings. The number of ether oxygens (including phenoxy) is 1. The summed E-state index contributed by atoms with van der Waals surface area (Å²) >= 11 is 0. The number of fused-ring (bicyclic) bond motifs is 2. The van der Waals surface area contributed by atoms with Crippen molar-refractivity contribution in [3.05, 3.63) is 47.8 Å². The van der Waals surface area contributed by atoms with Crippen molar-refractivity contribution in [2.75, 3.05) is 13.1 Å². The Morgan fingerprint density at radius 1 is 1.22 bits per heavy atom. The molecule has 2 aromatic carbocycles. The van der Waals surface area contributed by atoms with Crippen molar-refractivity contribution in [2.24, 2.45) is 5.92 Å². The molecule has 2 aromatic rings. The molecule has 0 radical (unpaired) electrons. The fraction of sp³-hybridized carbons (Fsp3) is 0.421. The van der Waals surface area contributed by atoms with E-state index in [0.717, 1.165) is 19.4 Å². The van der Waals surface area contributed by atoms with Gasteiger partial charge in [0, 0.05) is 30.0 Å². The summed E-state index contributed by atoms with van der Waals surface area (Å²) in [6.45, 7) is 3.54. The van der Waals surface area contributed by atoms with Crippen LogP contribution in [0.5, 0.6) is 0 Å². The van der Waals surface area contributed by atoms with Crippen LogP contribution in [0, 0.1) is 11.7 Å². The summed E-state index contributed by atoms with van der Waals surface area (Å²) in [6, 6.07) is 10.2. The number of hydrogen-bond donors (Lipinski definition) is 0. The van der Waals surface area contributed by atoms with Crippen molar-refractivity contribution in [2.45, 2.75) is 32.0 Å². The second-order valence-electron chi connectivity index (χ2n) is 6.66. The van der Waals surface area contributed by atoms with E-state index >= 15 is 0 Å². The molecule has 0 N–H and O–H groups in total. The van der Waals surface area contributed by atoms with Crippen LogP contribution in [0.15, 0.2) is 36.4 Å². The van der Waals surface area contributed by atoms with Crippen LogP contribution in [-0.4, -0.2) is 36.1 Å². The molecule has 0 bridgehead atoms. The molecule has 2 aliphatic rings. The van der Waals surface area contributed by atoms with Crippen molar-refractivity contribution >= 4 is 16.7 Å². The van der Waals surface area contributed by atoms with Crippen LogP contribution in [0.25, 0.3) is 10.8 Å². The van der Waals surface area contributed by atoms with Gasteiger partial charge in [-0.2, -0.15) is 0 Å². The van der Waals surface area contributed by atoms with Crippen LogP contribution < -0.4 is 0 Å². The van der Waals surface area contributed by atoms with Crippen molar-refractivity contribution < 1.29 is 13.9 Å². The molecule has 3 nitrogen and oxygen atoms in total. The van der Waals surface area contributed by atoms with E-state index in [1.807, 2.05) is 17.0 Å². The Morgan fingerprint density at radius 2 is 2.00 bits per heavy atom. The largest absolute Gasteiger partial charge is 0.375 e. The third kappa shape index (κ3) is 2.51. The minimum Gasteiger partial charge on any atom is -0.375 e. The second-order valence-corrected chi connectivity index (χ2v) is 6.66. The summed E-state index contributed by atoms with van der Waals surface area (Å²) in [6.07, 6.45) is 2.48. The predicted octanol–water partition coefficient (Wildman–Crippen LogP) is 3.62. The highest BCUT2D eigenvalue weighted by Gasteiger charge is 2.38. The maximum Gasteiger partial charge on any atom is 0.254 e. The van der Waals surface area contributed by atoms with Gasteiger partial charge >= 0.3 is 0 Å². The maximum atomic E-state index is 13.9. The molecule has 23 heavy (non-hydrogen) atoms. The van der Waals surface area contributed by atoms with E-state index in [0.29, 0.717) is 34.9 Å². The third-order valence-corrected chi connectivity index (χ3v) is 5.09. The van der Waals surface area contributed by atoms with Crippen molar-refractivity contribution in [3.63, 3.8) is 0 Å². The van der Waals surface area contributed by atoms with Gasteiger partial charge in [-0.05, 0) is 37.3 Å². The Kier molecular flexibility index (Phi) is 3.57. The third-order valence-electron chi connectivity index (χ3n) is 5.09. The topological polar surface area (TPSA) is 29.5 Å². The molecule has 3 atom stereocenters. The number of carbonyl (C=O) groups is 1. The van der Waals surface area contributed by atoms with E-state index in [4.69, 9.17) is 4.74 Å². The number of halogens is 1. The van der Waals surface area contributed by atoms with E-state index in [1.165, 1.54) is 6.07 Å². The summed E-state index contributed by atoms with van der Waals surface area (Å²) in [7, 11) is 0. The lowest BCUT2D eigenvalue weighted by molar-refractivity contribution is 0.00870. The molecule has 0 spiro atoms. The number of nitrogens with zero attached hydrogens (tertiary/aromatic N) is 1. The number of likely N-dealkylation sites (tertiary alicyclic amines) is 1. The first-order valence-corrected chi connectivity index (χ1v) is 8.25. The van der Waals surface area contributed by atoms with Crippen LogP contribution in [0.3, 0.4) is 0 Å². The molecule has 2 heterocycles. The summed E-state index contributed by atoms with van der Waals surface area (Å²) < 4.78 is 19.8. The Bertz CT molecular complexity index is 760. The number of amides is 1. The minimum atomic E-state index is -0.283. The molecule has 0 saturated carbocycles. The first-order valence-electron chi connectivity index (χ1n) is 8.25. The van der Waals surface area contributed by atoms with Crippen molar-refractivity contribution in [3.8, 4) is 0 Å². The maximum absolute atomic E-state index is 13.9. The van der Waals surface area contributed by atoms with Gasteiger partial charge in [0.2, 0.25) is 0 Å². The number of hydrogen-bond acceptors (Lipinski definition) is 2. The minimum absolute atomic E-state index is 0.000738. The van der Waals surface area contributed by atoms with Gasteiger partial charge < -0.3 is 9.64 Å². The van der Waals surface area contributed by atoms with Gasteiger partial charge in [0.15, 0.2) is 0 Å². The average Bonchev–Trinajstić information content (AvgIpc) is 2.94. The summed E-state index contributed by atoms with van der Waals surface area (Å²) in [5.74, 6) is 0.141. The summed E-state index contributed by atoms with van der Waals surface area (Å²) in [5.41, 5.74) is 0.590. The van der Waals surface area contributed by atoms with Crippen molar-refractivity contribution in [1.82, 2.24) is 4.90 Å². The highest BCUT2D eigenvalue weighted by Crippen LogP contribution is 2.33. The van der Waals surface area contributed by atoms with Gasteiger partial charge in [0.05, 0.1) is 12.2 Å². The smallest absolute Gasteiger partial charge is 0.254 e. The standard InChI is InChI=1S/C19H20FNO2/c1-12-10-13-11-21(9-8-18(13)23-12)19(22)16-6-7-17(20)15-5-3-2-4-14(15)16/h2-7,12-13,18H,8-11H2,1H3/t12-,13-,18-/m1/s1. The number of benzene rings is 2. The van der Waals surface area contributed by atoms with Crippen LogP contribution in [0.1, 0.15) is 30.1 Å². The van der Waals surface area contributed by atoms with E-state index in [1.54, 1.807) is 18.2 Å². The quantitative estimate of drug-likeness (QED) is 0.805. The van der Waals surface area contributed by atoms with Gasteiger partial charge in [-0.15, -0.1) is 0 Å². The molecular formula is C19H20FNO2. The first kappa shape index (κ1) is 14.6. The Hall–Kier alpha value is -1.94. The average molecular weight is 313 g/mol. The van der Waals surface area contributed by atoms with E-state index in [9.17, 15) is 9.18 Å². The van der Waals surface area contributed by atoms with Gasteiger partial charge in [0.25, 0.3) is 5.91 Å². The SMILES string of the molecule is C[C@@H]1C[C@@H]2CN(C(=O)c3ccc(F)c4ccccc34)CC[C@H]2O1. The molecule has 0 aromatic heterocycles. The van der Waals surface area contributed by atoms with Gasteiger partial charge in [-0.3, -0.25) is 4.79 Å². The Balaban J connectivity index is 1.64. The molecule has 120 valence electrons. The van der Waals surface area contributed by atoms with Crippen LogP contribution in [0.4, 0.5) is 4.39 Å². The number of rotatable bonds is 1. The van der Waals surface area contributed by atoms with Crippen LogP contribution in [-0.2, 0) is 4.74 Å². The second kappa shape index (κ2) is 5.60. The number of piperidine rings is 1. The van der Waals surface area contributed by atoms with Gasteiger partial charge in [-0.25, -0.2) is 4.39 Å². The first-order chi connectivity index (χ1) is 11.1. The lowest BCUT2D eigenvalue weighted by Gasteiger charge is -2.34. The Labute approximate surface area is 135 Å².